The van der Waals surface area contributed by atoms with Crippen LogP contribution < -0.4 is 10.5 Å². The first-order valence-corrected chi connectivity index (χ1v) is 5.97. The standard InChI is InChI=1S/C14H13FN2O3/c1-2-19-14(18)10-4-3-7-17-13(10)20-12-6-5-9(16)8-11(12)15/h3-8H,2,16H2,1H3. The molecule has 0 aliphatic heterocycles. The predicted octanol–water partition coefficient (Wildman–Crippen LogP) is 2.77. The molecule has 1 aromatic heterocycles. The second-order valence-corrected chi connectivity index (χ2v) is 3.87. The van der Waals surface area contributed by atoms with Crippen molar-refractivity contribution in [2.45, 2.75) is 6.92 Å². The SMILES string of the molecule is CCOC(=O)c1cccnc1Oc1ccc(N)cc1F. The van der Waals surface area contributed by atoms with Gasteiger partial charge in [0, 0.05) is 18.0 Å². The average Bonchev–Trinajstić information content (AvgIpc) is 2.43. The quantitative estimate of drug-likeness (QED) is 0.686. The summed E-state index contributed by atoms with van der Waals surface area (Å²) in [6, 6.07) is 7.05. The maximum absolute atomic E-state index is 13.7. The second-order valence-electron chi connectivity index (χ2n) is 3.87. The first-order chi connectivity index (χ1) is 9.61. The molecule has 0 aliphatic carbocycles. The molecule has 0 bridgehead atoms. The van der Waals surface area contributed by atoms with Gasteiger partial charge in [-0.2, -0.15) is 0 Å². The number of nitrogen functional groups attached to an aromatic ring is 1. The van der Waals surface area contributed by atoms with Crippen LogP contribution in [0.15, 0.2) is 36.5 Å². The molecule has 2 rings (SSSR count). The Morgan fingerprint density at radius 1 is 1.40 bits per heavy atom. The molecule has 0 radical (unpaired) electrons. The van der Waals surface area contributed by atoms with Crippen LogP contribution in [0.4, 0.5) is 10.1 Å². The van der Waals surface area contributed by atoms with Crippen molar-refractivity contribution >= 4 is 11.7 Å². The molecule has 0 saturated heterocycles. The van der Waals surface area contributed by atoms with Gasteiger partial charge in [0.05, 0.1) is 6.61 Å². The summed E-state index contributed by atoms with van der Waals surface area (Å²) in [4.78, 5) is 15.7. The number of nitrogens with zero attached hydrogens (tertiary/aromatic N) is 1. The van der Waals surface area contributed by atoms with E-state index in [1.54, 1.807) is 13.0 Å². The number of esters is 1. The highest BCUT2D eigenvalue weighted by Gasteiger charge is 2.16. The number of carbonyl (C=O) groups excluding carboxylic acids is 1. The van der Waals surface area contributed by atoms with Gasteiger partial charge in [-0.15, -0.1) is 0 Å². The van der Waals surface area contributed by atoms with Crippen molar-refractivity contribution < 1.29 is 18.7 Å². The Morgan fingerprint density at radius 2 is 2.20 bits per heavy atom. The summed E-state index contributed by atoms with van der Waals surface area (Å²) in [6.07, 6.45) is 1.44. The second kappa shape index (κ2) is 6.01. The van der Waals surface area contributed by atoms with Gasteiger partial charge in [0.25, 0.3) is 0 Å². The maximum Gasteiger partial charge on any atom is 0.343 e. The largest absolute Gasteiger partial charge is 0.462 e. The van der Waals surface area contributed by atoms with Gasteiger partial charge in [0.15, 0.2) is 11.6 Å². The molecule has 6 heteroatoms. The van der Waals surface area contributed by atoms with E-state index in [0.717, 1.165) is 6.07 Å². The zero-order chi connectivity index (χ0) is 14.5. The molecule has 5 nitrogen and oxygen atoms in total. The number of halogens is 1. The number of nitrogens with two attached hydrogens (primary N) is 1. The molecule has 2 N–H and O–H groups in total. The van der Waals surface area contributed by atoms with Gasteiger partial charge in [-0.25, -0.2) is 14.2 Å². The van der Waals surface area contributed by atoms with E-state index < -0.39 is 11.8 Å². The van der Waals surface area contributed by atoms with E-state index in [9.17, 15) is 9.18 Å². The lowest BCUT2D eigenvalue weighted by molar-refractivity contribution is 0.0522. The third kappa shape index (κ3) is 3.03. The van der Waals surface area contributed by atoms with E-state index in [1.807, 2.05) is 0 Å². The highest BCUT2D eigenvalue weighted by molar-refractivity contribution is 5.91. The Hall–Kier alpha value is -2.63. The van der Waals surface area contributed by atoms with Crippen molar-refractivity contribution in [2.24, 2.45) is 0 Å². The van der Waals surface area contributed by atoms with Crippen molar-refractivity contribution in [3.8, 4) is 11.6 Å². The summed E-state index contributed by atoms with van der Waals surface area (Å²) < 4.78 is 23.9. The Labute approximate surface area is 115 Å². The van der Waals surface area contributed by atoms with Gasteiger partial charge in [-0.05, 0) is 31.2 Å². The molecule has 0 amide bonds. The van der Waals surface area contributed by atoms with Gasteiger partial charge in [-0.1, -0.05) is 0 Å². The normalized spacial score (nSPS) is 10.1. The maximum atomic E-state index is 13.7. The van der Waals surface area contributed by atoms with Crippen LogP contribution in [-0.4, -0.2) is 17.6 Å². The first kappa shape index (κ1) is 13.8. The molecule has 0 atom stereocenters. The van der Waals surface area contributed by atoms with Crippen LogP contribution in [0.3, 0.4) is 0 Å². The van der Waals surface area contributed by atoms with Crippen molar-refractivity contribution in [3.05, 3.63) is 47.9 Å². The molecule has 0 saturated carbocycles. The summed E-state index contributed by atoms with van der Waals surface area (Å²) in [5.41, 5.74) is 5.86. The Balaban J connectivity index is 2.31. The Bertz CT molecular complexity index is 632. The molecule has 1 aromatic carbocycles. The topological polar surface area (TPSA) is 74.4 Å². The highest BCUT2D eigenvalue weighted by atomic mass is 19.1. The molecule has 0 fully saturated rings. The number of ether oxygens (including phenoxy) is 2. The number of hydrogen-bond donors (Lipinski definition) is 1. The monoisotopic (exact) mass is 276 g/mol. The van der Waals surface area contributed by atoms with E-state index in [2.05, 4.69) is 4.98 Å². The summed E-state index contributed by atoms with van der Waals surface area (Å²) in [5, 5.41) is 0. The minimum Gasteiger partial charge on any atom is -0.462 e. The molecule has 20 heavy (non-hydrogen) atoms. The zero-order valence-electron chi connectivity index (χ0n) is 10.8. The van der Waals surface area contributed by atoms with Gasteiger partial charge >= 0.3 is 5.97 Å². The lowest BCUT2D eigenvalue weighted by Gasteiger charge is -2.10. The van der Waals surface area contributed by atoms with E-state index >= 15 is 0 Å². The Morgan fingerprint density at radius 3 is 2.90 bits per heavy atom. The number of aromatic nitrogens is 1. The minimum absolute atomic E-state index is 0.0189. The van der Waals surface area contributed by atoms with E-state index in [4.69, 9.17) is 15.2 Å². The molecular weight excluding hydrogens is 263 g/mol. The van der Waals surface area contributed by atoms with Gasteiger partial charge in [0.2, 0.25) is 5.88 Å². The summed E-state index contributed by atoms with van der Waals surface area (Å²) in [7, 11) is 0. The van der Waals surface area contributed by atoms with Crippen LogP contribution in [-0.2, 0) is 4.74 Å². The summed E-state index contributed by atoms with van der Waals surface area (Å²) in [6.45, 7) is 1.91. The molecule has 2 aromatic rings. The van der Waals surface area contributed by atoms with E-state index in [1.165, 1.54) is 24.4 Å². The van der Waals surface area contributed by atoms with Gasteiger partial charge in [-0.3, -0.25) is 0 Å². The minimum atomic E-state index is -0.634. The lowest BCUT2D eigenvalue weighted by Crippen LogP contribution is -2.07. The van der Waals surface area contributed by atoms with Crippen LogP contribution in [0, 0.1) is 5.82 Å². The number of rotatable bonds is 4. The molecule has 0 unspecified atom stereocenters. The van der Waals surface area contributed by atoms with Gasteiger partial charge in [0.1, 0.15) is 5.56 Å². The van der Waals surface area contributed by atoms with E-state index in [-0.39, 0.29) is 29.5 Å². The number of hydrogen-bond acceptors (Lipinski definition) is 5. The molecular formula is C14H13FN2O3. The van der Waals surface area contributed by atoms with Crippen LogP contribution in [0.1, 0.15) is 17.3 Å². The van der Waals surface area contributed by atoms with Crippen molar-refractivity contribution in [1.82, 2.24) is 4.98 Å². The average molecular weight is 276 g/mol. The van der Waals surface area contributed by atoms with Crippen LogP contribution in [0.5, 0.6) is 11.6 Å². The first-order valence-electron chi connectivity index (χ1n) is 5.97. The number of carbonyl (C=O) groups is 1. The zero-order valence-corrected chi connectivity index (χ0v) is 10.8. The third-order valence-corrected chi connectivity index (χ3v) is 2.43. The molecule has 104 valence electrons. The highest BCUT2D eigenvalue weighted by Crippen LogP contribution is 2.27. The molecule has 1 heterocycles. The molecule has 0 spiro atoms. The Kier molecular flexibility index (Phi) is 4.14. The van der Waals surface area contributed by atoms with Gasteiger partial charge < -0.3 is 15.2 Å². The fourth-order valence-electron chi connectivity index (χ4n) is 1.54. The summed E-state index contributed by atoms with van der Waals surface area (Å²) in [5.74, 6) is -1.30. The number of anilines is 1. The van der Waals surface area contributed by atoms with Crippen LogP contribution >= 0.6 is 0 Å². The van der Waals surface area contributed by atoms with Crippen molar-refractivity contribution in [1.29, 1.82) is 0 Å². The number of benzene rings is 1. The predicted molar refractivity (Wildman–Crippen MR) is 71.1 cm³/mol. The fraction of sp³-hybridized carbons (Fsp3) is 0.143. The van der Waals surface area contributed by atoms with Crippen LogP contribution in [0.25, 0.3) is 0 Å². The third-order valence-electron chi connectivity index (χ3n) is 2.43. The molecule has 0 aliphatic rings. The van der Waals surface area contributed by atoms with Crippen molar-refractivity contribution in [3.63, 3.8) is 0 Å². The summed E-state index contributed by atoms with van der Waals surface area (Å²) >= 11 is 0. The van der Waals surface area contributed by atoms with E-state index in [0.29, 0.717) is 0 Å². The smallest absolute Gasteiger partial charge is 0.343 e. The number of pyridine rings is 1. The fourth-order valence-corrected chi connectivity index (χ4v) is 1.54. The van der Waals surface area contributed by atoms with Crippen LogP contribution in [0.2, 0.25) is 0 Å². The lowest BCUT2D eigenvalue weighted by atomic mass is 10.2. The van der Waals surface area contributed by atoms with Crippen molar-refractivity contribution in [2.75, 3.05) is 12.3 Å².